The molecule has 0 aromatic heterocycles. The summed E-state index contributed by atoms with van der Waals surface area (Å²) in [4.78, 5) is 0. The van der Waals surface area contributed by atoms with Crippen LogP contribution >= 0.6 is 27.5 Å². The van der Waals surface area contributed by atoms with Gasteiger partial charge < -0.3 is 4.74 Å². The third-order valence-electron chi connectivity index (χ3n) is 1.70. The Labute approximate surface area is 91.5 Å². The molecule has 0 saturated carbocycles. The number of methoxy groups -OCH3 is 1. The predicted molar refractivity (Wildman–Crippen MR) is 60.8 cm³/mol. The smallest absolute Gasteiger partial charge is 0.126 e. The van der Waals surface area contributed by atoms with E-state index in [0.29, 0.717) is 10.4 Å². The maximum atomic E-state index is 5.86. The Kier molecular flexibility index (Phi) is 3.82. The lowest BCUT2D eigenvalue weighted by Gasteiger charge is -2.09. The zero-order valence-electron chi connectivity index (χ0n) is 7.31. The highest BCUT2D eigenvalue weighted by Gasteiger charge is 2.05. The molecule has 3 heteroatoms. The van der Waals surface area contributed by atoms with Crippen molar-refractivity contribution >= 4 is 33.1 Å². The third-order valence-corrected chi connectivity index (χ3v) is 2.62. The van der Waals surface area contributed by atoms with Crippen LogP contribution in [-0.4, -0.2) is 12.4 Å². The largest absolute Gasteiger partial charge is 0.496 e. The second kappa shape index (κ2) is 4.68. The standard InChI is InChI=1S/C10H10BrClO/c1-7(6-11)9-5-8(12)3-4-10(9)13-2/h3-5H,1,6H2,2H3. The predicted octanol–water partition coefficient (Wildman–Crippen LogP) is 3.76. The van der Waals surface area contributed by atoms with Crippen LogP contribution in [0.2, 0.25) is 5.02 Å². The van der Waals surface area contributed by atoms with Gasteiger partial charge in [0.1, 0.15) is 5.75 Å². The molecule has 1 nitrogen and oxygen atoms in total. The van der Waals surface area contributed by atoms with Gasteiger partial charge in [0.15, 0.2) is 0 Å². The van der Waals surface area contributed by atoms with Crippen LogP contribution in [-0.2, 0) is 0 Å². The van der Waals surface area contributed by atoms with Gasteiger partial charge >= 0.3 is 0 Å². The summed E-state index contributed by atoms with van der Waals surface area (Å²) >= 11 is 9.20. The molecule has 0 bridgehead atoms. The molecule has 0 N–H and O–H groups in total. The topological polar surface area (TPSA) is 9.23 Å². The highest BCUT2D eigenvalue weighted by molar-refractivity contribution is 9.09. The molecular formula is C10H10BrClO. The Morgan fingerprint density at radius 1 is 1.62 bits per heavy atom. The molecule has 13 heavy (non-hydrogen) atoms. The van der Waals surface area contributed by atoms with Gasteiger partial charge in [-0.3, -0.25) is 0 Å². The van der Waals surface area contributed by atoms with E-state index >= 15 is 0 Å². The molecule has 0 unspecified atom stereocenters. The van der Waals surface area contributed by atoms with Crippen molar-refractivity contribution in [2.45, 2.75) is 0 Å². The zero-order valence-corrected chi connectivity index (χ0v) is 9.65. The van der Waals surface area contributed by atoms with Crippen molar-refractivity contribution in [2.75, 3.05) is 12.4 Å². The van der Waals surface area contributed by atoms with Crippen LogP contribution in [0, 0.1) is 0 Å². The molecule has 1 aromatic rings. The SMILES string of the molecule is C=C(CBr)c1cc(Cl)ccc1OC. The molecule has 70 valence electrons. The summed E-state index contributed by atoms with van der Waals surface area (Å²) in [5.74, 6) is 0.800. The van der Waals surface area contributed by atoms with Gasteiger partial charge in [0.05, 0.1) is 7.11 Å². The normalized spacial score (nSPS) is 9.77. The maximum Gasteiger partial charge on any atom is 0.126 e. The van der Waals surface area contributed by atoms with Crippen molar-refractivity contribution in [1.82, 2.24) is 0 Å². The van der Waals surface area contributed by atoms with Crippen LogP contribution in [0.25, 0.3) is 5.57 Å². The van der Waals surface area contributed by atoms with Gasteiger partial charge in [-0.15, -0.1) is 0 Å². The Bertz CT molecular complexity index is 323. The van der Waals surface area contributed by atoms with Crippen LogP contribution in [0.1, 0.15) is 5.56 Å². The molecular weight excluding hydrogens is 251 g/mol. The van der Waals surface area contributed by atoms with Crippen molar-refractivity contribution in [3.63, 3.8) is 0 Å². The molecule has 0 aliphatic carbocycles. The number of hydrogen-bond donors (Lipinski definition) is 0. The van der Waals surface area contributed by atoms with Gasteiger partial charge in [-0.1, -0.05) is 34.1 Å². The molecule has 0 saturated heterocycles. The summed E-state index contributed by atoms with van der Waals surface area (Å²) in [6, 6.07) is 5.49. The molecule has 0 amide bonds. The van der Waals surface area contributed by atoms with Gasteiger partial charge in [0.25, 0.3) is 0 Å². The van der Waals surface area contributed by atoms with E-state index < -0.39 is 0 Å². The molecule has 0 radical (unpaired) electrons. The minimum Gasteiger partial charge on any atom is -0.496 e. The first-order valence-electron chi connectivity index (χ1n) is 3.76. The van der Waals surface area contributed by atoms with Gasteiger partial charge in [-0.05, 0) is 23.8 Å². The lowest BCUT2D eigenvalue weighted by molar-refractivity contribution is 0.413. The second-order valence-corrected chi connectivity index (χ2v) is 3.58. The first-order chi connectivity index (χ1) is 6.19. The molecule has 0 heterocycles. The van der Waals surface area contributed by atoms with E-state index in [1.165, 1.54) is 0 Å². The van der Waals surface area contributed by atoms with Crippen LogP contribution in [0.5, 0.6) is 5.75 Å². The van der Waals surface area contributed by atoms with Gasteiger partial charge in [-0.2, -0.15) is 0 Å². The van der Waals surface area contributed by atoms with Crippen LogP contribution in [0.3, 0.4) is 0 Å². The number of hydrogen-bond acceptors (Lipinski definition) is 1. The van der Waals surface area contributed by atoms with Crippen LogP contribution in [0.4, 0.5) is 0 Å². The molecule has 1 rings (SSSR count). The fraction of sp³-hybridized carbons (Fsp3) is 0.200. The van der Waals surface area contributed by atoms with E-state index in [9.17, 15) is 0 Å². The van der Waals surface area contributed by atoms with E-state index in [1.807, 2.05) is 12.1 Å². The lowest BCUT2D eigenvalue weighted by Crippen LogP contribution is -1.91. The molecule has 0 spiro atoms. The van der Waals surface area contributed by atoms with Crippen molar-refractivity contribution < 1.29 is 4.74 Å². The number of ether oxygens (including phenoxy) is 1. The average Bonchev–Trinajstić information content (AvgIpc) is 2.16. The summed E-state index contributed by atoms with van der Waals surface area (Å²) in [6.07, 6.45) is 0. The number of halogens is 2. The van der Waals surface area contributed by atoms with Crippen molar-refractivity contribution in [3.8, 4) is 5.75 Å². The van der Waals surface area contributed by atoms with Gasteiger partial charge in [0.2, 0.25) is 0 Å². The first-order valence-corrected chi connectivity index (χ1v) is 5.26. The number of alkyl halides is 1. The Morgan fingerprint density at radius 3 is 2.85 bits per heavy atom. The average molecular weight is 262 g/mol. The Hall–Kier alpha value is -0.470. The van der Waals surface area contributed by atoms with Gasteiger partial charge in [0, 0.05) is 15.9 Å². The summed E-state index contributed by atoms with van der Waals surface area (Å²) in [5.41, 5.74) is 1.91. The zero-order chi connectivity index (χ0) is 9.84. The molecule has 0 aliphatic rings. The summed E-state index contributed by atoms with van der Waals surface area (Å²) in [6.45, 7) is 3.91. The Balaban J connectivity index is 3.15. The summed E-state index contributed by atoms with van der Waals surface area (Å²) in [5, 5.41) is 1.40. The minimum absolute atomic E-state index is 0.693. The van der Waals surface area contributed by atoms with Gasteiger partial charge in [-0.25, -0.2) is 0 Å². The van der Waals surface area contributed by atoms with E-state index in [0.717, 1.165) is 16.9 Å². The number of benzene rings is 1. The minimum atomic E-state index is 0.693. The second-order valence-electron chi connectivity index (χ2n) is 2.58. The molecule has 0 atom stereocenters. The van der Waals surface area contributed by atoms with Crippen LogP contribution in [0.15, 0.2) is 24.8 Å². The fourth-order valence-electron chi connectivity index (χ4n) is 1.03. The summed E-state index contributed by atoms with van der Waals surface area (Å²) in [7, 11) is 1.63. The Morgan fingerprint density at radius 2 is 2.31 bits per heavy atom. The maximum absolute atomic E-state index is 5.86. The molecule has 0 fully saturated rings. The monoisotopic (exact) mass is 260 g/mol. The highest BCUT2D eigenvalue weighted by Crippen LogP contribution is 2.28. The number of allylic oxidation sites excluding steroid dienone is 1. The fourth-order valence-corrected chi connectivity index (χ4v) is 1.50. The van der Waals surface area contributed by atoms with E-state index in [-0.39, 0.29) is 0 Å². The van der Waals surface area contributed by atoms with E-state index in [4.69, 9.17) is 16.3 Å². The van der Waals surface area contributed by atoms with E-state index in [2.05, 4.69) is 22.5 Å². The van der Waals surface area contributed by atoms with Crippen molar-refractivity contribution in [2.24, 2.45) is 0 Å². The summed E-state index contributed by atoms with van der Waals surface area (Å²) < 4.78 is 5.18. The molecule has 1 aromatic carbocycles. The highest BCUT2D eigenvalue weighted by atomic mass is 79.9. The molecule has 0 aliphatic heterocycles. The third kappa shape index (κ3) is 2.48. The van der Waals surface area contributed by atoms with E-state index in [1.54, 1.807) is 13.2 Å². The van der Waals surface area contributed by atoms with Crippen molar-refractivity contribution in [3.05, 3.63) is 35.4 Å². The van der Waals surface area contributed by atoms with Crippen molar-refractivity contribution in [1.29, 1.82) is 0 Å². The lowest BCUT2D eigenvalue weighted by atomic mass is 10.1. The quantitative estimate of drug-likeness (QED) is 0.753. The number of rotatable bonds is 3. The van der Waals surface area contributed by atoms with Crippen LogP contribution < -0.4 is 4.74 Å². The first kappa shape index (κ1) is 10.6.